The number of carbonyl (C=O) groups is 1. The van der Waals surface area contributed by atoms with Crippen LogP contribution >= 0.6 is 11.3 Å². The molecule has 0 aliphatic heterocycles. The third-order valence-corrected chi connectivity index (χ3v) is 4.16. The summed E-state index contributed by atoms with van der Waals surface area (Å²) in [4.78, 5) is 15.4. The fourth-order valence-corrected chi connectivity index (χ4v) is 2.96. The molecular formula is C17H21N3O2S. The van der Waals surface area contributed by atoms with Crippen LogP contribution in [0.15, 0.2) is 18.3 Å². The van der Waals surface area contributed by atoms with Gasteiger partial charge in [0.15, 0.2) is 0 Å². The lowest BCUT2D eigenvalue weighted by Gasteiger charge is -2.18. The Morgan fingerprint density at radius 3 is 2.65 bits per heavy atom. The van der Waals surface area contributed by atoms with Gasteiger partial charge in [0.2, 0.25) is 0 Å². The monoisotopic (exact) mass is 331 g/mol. The quantitative estimate of drug-likeness (QED) is 0.638. The van der Waals surface area contributed by atoms with Crippen LogP contribution in [0.25, 0.3) is 0 Å². The molecule has 0 saturated carbocycles. The summed E-state index contributed by atoms with van der Waals surface area (Å²) in [6, 6.07) is 3.81. The SMILES string of the molecule is COC(=O)c1sc(C#CC(C)(C)C)cc1N(C)c1ccnn1C. The molecule has 0 aliphatic rings. The van der Waals surface area contributed by atoms with Gasteiger partial charge in [-0.05, 0) is 26.8 Å². The molecule has 0 unspecified atom stereocenters. The van der Waals surface area contributed by atoms with Crippen LogP contribution in [0.3, 0.4) is 0 Å². The number of carbonyl (C=O) groups excluding carboxylic acids is 1. The molecule has 2 aromatic rings. The Morgan fingerprint density at radius 1 is 1.43 bits per heavy atom. The van der Waals surface area contributed by atoms with Gasteiger partial charge in [-0.2, -0.15) is 5.10 Å². The lowest BCUT2D eigenvalue weighted by molar-refractivity contribution is 0.0607. The number of nitrogens with zero attached hydrogens (tertiary/aromatic N) is 3. The van der Waals surface area contributed by atoms with Gasteiger partial charge in [-0.3, -0.25) is 4.68 Å². The first kappa shape index (κ1) is 17.1. The fraction of sp³-hybridized carbons (Fsp3) is 0.412. The number of hydrogen-bond donors (Lipinski definition) is 0. The van der Waals surface area contributed by atoms with Gasteiger partial charge in [0, 0.05) is 25.6 Å². The molecule has 0 aromatic carbocycles. The molecule has 6 heteroatoms. The number of hydrogen-bond acceptors (Lipinski definition) is 5. The molecule has 122 valence electrons. The molecule has 0 bridgehead atoms. The highest BCUT2D eigenvalue weighted by molar-refractivity contribution is 7.15. The van der Waals surface area contributed by atoms with Crippen molar-refractivity contribution in [1.29, 1.82) is 0 Å². The molecule has 0 aliphatic carbocycles. The van der Waals surface area contributed by atoms with Gasteiger partial charge < -0.3 is 9.64 Å². The van der Waals surface area contributed by atoms with Crippen LogP contribution in [0.2, 0.25) is 0 Å². The van der Waals surface area contributed by atoms with Crippen molar-refractivity contribution in [3.63, 3.8) is 0 Å². The number of methoxy groups -OCH3 is 1. The van der Waals surface area contributed by atoms with Crippen molar-refractivity contribution in [1.82, 2.24) is 9.78 Å². The normalized spacial score (nSPS) is 10.9. The largest absolute Gasteiger partial charge is 0.465 e. The standard InChI is InChI=1S/C17H21N3O2S/c1-17(2,3)9-7-12-11-13(15(23-12)16(21)22-6)19(4)14-8-10-18-20(14)5/h8,10-11H,1-6H3. The minimum Gasteiger partial charge on any atom is -0.465 e. The summed E-state index contributed by atoms with van der Waals surface area (Å²) in [6.45, 7) is 6.16. The second-order valence-electron chi connectivity index (χ2n) is 6.19. The maximum atomic E-state index is 12.1. The summed E-state index contributed by atoms with van der Waals surface area (Å²) in [6.07, 6.45) is 1.72. The number of ether oxygens (including phenoxy) is 1. The van der Waals surface area contributed by atoms with Crippen LogP contribution in [0.5, 0.6) is 0 Å². The number of anilines is 2. The molecule has 2 rings (SSSR count). The van der Waals surface area contributed by atoms with Crippen molar-refractivity contribution in [2.45, 2.75) is 20.8 Å². The van der Waals surface area contributed by atoms with Crippen molar-refractivity contribution in [2.75, 3.05) is 19.1 Å². The Bertz CT molecular complexity index is 772. The number of aryl methyl sites for hydroxylation is 1. The molecule has 0 N–H and O–H groups in total. The zero-order valence-corrected chi connectivity index (χ0v) is 15.1. The molecular weight excluding hydrogens is 310 g/mol. The van der Waals surface area contributed by atoms with E-state index in [2.05, 4.69) is 37.7 Å². The van der Waals surface area contributed by atoms with Gasteiger partial charge in [-0.25, -0.2) is 4.79 Å². The minimum atomic E-state index is -0.358. The van der Waals surface area contributed by atoms with Crippen LogP contribution in [0.4, 0.5) is 11.5 Å². The van der Waals surface area contributed by atoms with Crippen LogP contribution in [-0.2, 0) is 11.8 Å². The van der Waals surface area contributed by atoms with E-state index in [0.29, 0.717) is 4.88 Å². The van der Waals surface area contributed by atoms with Crippen molar-refractivity contribution < 1.29 is 9.53 Å². The zero-order chi connectivity index (χ0) is 17.2. The van der Waals surface area contributed by atoms with E-state index >= 15 is 0 Å². The van der Waals surface area contributed by atoms with E-state index in [1.807, 2.05) is 31.1 Å². The number of esters is 1. The van der Waals surface area contributed by atoms with Crippen molar-refractivity contribution in [3.8, 4) is 11.8 Å². The summed E-state index contributed by atoms with van der Waals surface area (Å²) in [7, 11) is 5.14. The highest BCUT2D eigenvalue weighted by atomic mass is 32.1. The van der Waals surface area contributed by atoms with Gasteiger partial charge in [-0.1, -0.05) is 11.8 Å². The first-order valence-electron chi connectivity index (χ1n) is 7.20. The maximum Gasteiger partial charge on any atom is 0.350 e. The van der Waals surface area contributed by atoms with E-state index in [9.17, 15) is 4.79 Å². The minimum absolute atomic E-state index is 0.0937. The third-order valence-electron chi connectivity index (χ3n) is 3.14. The van der Waals surface area contributed by atoms with Crippen LogP contribution in [-0.4, -0.2) is 29.9 Å². The van der Waals surface area contributed by atoms with Crippen LogP contribution in [0, 0.1) is 17.3 Å². The lowest BCUT2D eigenvalue weighted by atomic mass is 9.98. The number of aromatic nitrogens is 2. The summed E-state index contributed by atoms with van der Waals surface area (Å²) < 4.78 is 6.66. The van der Waals surface area contributed by atoms with E-state index in [4.69, 9.17) is 4.74 Å². The highest BCUT2D eigenvalue weighted by Crippen LogP contribution is 2.34. The van der Waals surface area contributed by atoms with Crippen LogP contribution < -0.4 is 4.90 Å². The summed E-state index contributed by atoms with van der Waals surface area (Å²) in [5, 5.41) is 4.17. The van der Waals surface area contributed by atoms with Crippen molar-refractivity contribution in [2.24, 2.45) is 12.5 Å². The van der Waals surface area contributed by atoms with Gasteiger partial charge in [0.1, 0.15) is 10.7 Å². The molecule has 0 amide bonds. The predicted molar refractivity (Wildman–Crippen MR) is 93.3 cm³/mol. The fourth-order valence-electron chi connectivity index (χ4n) is 2.00. The molecule has 0 atom stereocenters. The van der Waals surface area contributed by atoms with Gasteiger partial charge in [-0.15, -0.1) is 11.3 Å². The Balaban J connectivity index is 2.48. The Labute approximate surface area is 140 Å². The smallest absolute Gasteiger partial charge is 0.350 e. The Hall–Kier alpha value is -2.26. The Morgan fingerprint density at radius 2 is 2.13 bits per heavy atom. The first-order chi connectivity index (χ1) is 10.7. The van der Waals surface area contributed by atoms with Crippen molar-refractivity contribution in [3.05, 3.63) is 28.1 Å². The topological polar surface area (TPSA) is 47.4 Å². The molecule has 2 aromatic heterocycles. The third kappa shape index (κ3) is 3.93. The molecule has 5 nitrogen and oxygen atoms in total. The number of rotatable bonds is 3. The summed E-state index contributed by atoms with van der Waals surface area (Å²) in [5.41, 5.74) is 0.674. The molecule has 0 fully saturated rings. The van der Waals surface area contributed by atoms with Crippen molar-refractivity contribution >= 4 is 28.8 Å². The van der Waals surface area contributed by atoms with Gasteiger partial charge in [0.25, 0.3) is 0 Å². The lowest BCUT2D eigenvalue weighted by Crippen LogP contribution is -2.15. The summed E-state index contributed by atoms with van der Waals surface area (Å²) >= 11 is 1.34. The maximum absolute atomic E-state index is 12.1. The molecule has 0 spiro atoms. The average molecular weight is 331 g/mol. The van der Waals surface area contributed by atoms with Crippen LogP contribution in [0.1, 0.15) is 35.3 Å². The molecule has 2 heterocycles. The highest BCUT2D eigenvalue weighted by Gasteiger charge is 2.21. The molecule has 23 heavy (non-hydrogen) atoms. The van der Waals surface area contributed by atoms with E-state index in [0.717, 1.165) is 16.4 Å². The number of thiophene rings is 1. The van der Waals surface area contributed by atoms with Gasteiger partial charge >= 0.3 is 5.97 Å². The summed E-state index contributed by atoms with van der Waals surface area (Å²) in [5.74, 6) is 6.86. The van der Waals surface area contributed by atoms with E-state index in [1.54, 1.807) is 10.9 Å². The second kappa shape index (κ2) is 6.47. The van der Waals surface area contributed by atoms with E-state index in [-0.39, 0.29) is 11.4 Å². The van der Waals surface area contributed by atoms with E-state index < -0.39 is 0 Å². The molecule has 0 saturated heterocycles. The molecule has 0 radical (unpaired) electrons. The van der Waals surface area contributed by atoms with Gasteiger partial charge in [0.05, 0.1) is 23.9 Å². The Kier molecular flexibility index (Phi) is 4.81. The average Bonchev–Trinajstić information content (AvgIpc) is 3.09. The predicted octanol–water partition coefficient (Wildman–Crippen LogP) is 3.43. The van der Waals surface area contributed by atoms with E-state index in [1.165, 1.54) is 18.4 Å². The first-order valence-corrected chi connectivity index (χ1v) is 8.01. The second-order valence-corrected chi connectivity index (χ2v) is 7.24. The zero-order valence-electron chi connectivity index (χ0n) is 14.3.